The Balaban J connectivity index is 2.22. The van der Waals surface area contributed by atoms with Crippen LogP contribution in [0.2, 0.25) is 0 Å². The highest BCUT2D eigenvalue weighted by molar-refractivity contribution is 6.26. The number of ketones is 1. The Kier molecular flexibility index (Phi) is 2.37. The van der Waals surface area contributed by atoms with E-state index >= 15 is 0 Å². The molecule has 2 aliphatic carbocycles. The fourth-order valence-electron chi connectivity index (χ4n) is 2.93. The van der Waals surface area contributed by atoms with Crippen LogP contribution < -0.4 is 0 Å². The predicted molar refractivity (Wildman–Crippen MR) is 74.9 cm³/mol. The summed E-state index contributed by atoms with van der Waals surface area (Å²) >= 11 is 0. The number of carbonyl (C=O) groups excluding carboxylic acids is 1. The molecule has 0 unspecified atom stereocenters. The lowest BCUT2D eigenvalue weighted by Gasteiger charge is -2.20. The van der Waals surface area contributed by atoms with Gasteiger partial charge in [-0.25, -0.2) is 0 Å². The molecule has 3 rings (SSSR count). The van der Waals surface area contributed by atoms with Crippen molar-refractivity contribution in [3.05, 3.63) is 58.2 Å². The van der Waals surface area contributed by atoms with E-state index in [1.165, 1.54) is 5.56 Å². The zero-order chi connectivity index (χ0) is 12.9. The van der Waals surface area contributed by atoms with Crippen LogP contribution in [-0.4, -0.2) is 5.78 Å². The van der Waals surface area contributed by atoms with Gasteiger partial charge in [0.2, 0.25) is 0 Å². The molecule has 1 nitrogen and oxygen atoms in total. The number of rotatable bonds is 1. The summed E-state index contributed by atoms with van der Waals surface area (Å²) in [4.78, 5) is 12.6. The minimum Gasteiger partial charge on any atom is -0.289 e. The predicted octanol–water partition coefficient (Wildman–Crippen LogP) is 4.02. The Bertz CT molecular complexity index is 639. The topological polar surface area (TPSA) is 17.1 Å². The molecule has 0 amide bonds. The minimum atomic E-state index is 0.205. The van der Waals surface area contributed by atoms with Crippen LogP contribution in [0.4, 0.5) is 0 Å². The second-order valence-corrected chi connectivity index (χ2v) is 5.28. The van der Waals surface area contributed by atoms with Crippen molar-refractivity contribution < 1.29 is 4.79 Å². The quantitative estimate of drug-likeness (QED) is 0.719. The first-order valence-corrected chi connectivity index (χ1v) is 6.38. The molecule has 90 valence electrons. The van der Waals surface area contributed by atoms with Gasteiger partial charge in [0.15, 0.2) is 5.78 Å². The van der Waals surface area contributed by atoms with Crippen molar-refractivity contribution in [3.63, 3.8) is 0 Å². The van der Waals surface area contributed by atoms with E-state index in [1.54, 1.807) is 0 Å². The molecule has 0 saturated carbocycles. The van der Waals surface area contributed by atoms with E-state index in [-0.39, 0.29) is 11.7 Å². The van der Waals surface area contributed by atoms with Gasteiger partial charge in [-0.2, -0.15) is 0 Å². The number of Topliss-reactive ketones (excluding diaryl/α,β-unsaturated/α-hetero) is 1. The Morgan fingerprint density at radius 3 is 2.44 bits per heavy atom. The maximum Gasteiger partial charge on any atom is 0.190 e. The molecular weight excluding hydrogens is 220 g/mol. The molecule has 0 saturated heterocycles. The molecule has 0 bridgehead atoms. The van der Waals surface area contributed by atoms with Crippen molar-refractivity contribution in [1.82, 2.24) is 0 Å². The third-order valence-electron chi connectivity index (χ3n) is 3.69. The Morgan fingerprint density at radius 2 is 1.72 bits per heavy atom. The second-order valence-electron chi connectivity index (χ2n) is 5.28. The van der Waals surface area contributed by atoms with Gasteiger partial charge in [-0.15, -0.1) is 0 Å². The second kappa shape index (κ2) is 3.81. The Morgan fingerprint density at radius 1 is 1.00 bits per heavy atom. The molecule has 1 heteroatoms. The average molecular weight is 236 g/mol. The molecule has 0 fully saturated rings. The standard InChI is InChI=1S/C17H16O/c1-10(2)16-11(3)8-14-13-7-5-4-6-12(13)9-15(14)17(16)18/h4-10H,1-3H3. The maximum atomic E-state index is 12.6. The van der Waals surface area contributed by atoms with E-state index in [0.717, 1.165) is 27.9 Å². The third kappa shape index (κ3) is 1.43. The van der Waals surface area contributed by atoms with Gasteiger partial charge in [-0.3, -0.25) is 4.79 Å². The molecule has 1 aromatic carbocycles. The molecule has 0 aliphatic heterocycles. The van der Waals surface area contributed by atoms with Crippen LogP contribution >= 0.6 is 0 Å². The molecule has 1 aromatic rings. The van der Waals surface area contributed by atoms with Crippen molar-refractivity contribution in [2.45, 2.75) is 20.8 Å². The molecule has 2 aliphatic rings. The third-order valence-corrected chi connectivity index (χ3v) is 3.69. The number of carbonyl (C=O) groups is 1. The first-order valence-electron chi connectivity index (χ1n) is 6.38. The molecule has 0 heterocycles. The fourth-order valence-corrected chi connectivity index (χ4v) is 2.93. The van der Waals surface area contributed by atoms with Gasteiger partial charge in [-0.05, 0) is 41.2 Å². The zero-order valence-corrected chi connectivity index (χ0v) is 10.9. The summed E-state index contributed by atoms with van der Waals surface area (Å²) in [7, 11) is 0. The van der Waals surface area contributed by atoms with Gasteiger partial charge in [0.1, 0.15) is 0 Å². The summed E-state index contributed by atoms with van der Waals surface area (Å²) in [6.07, 6.45) is 4.19. The van der Waals surface area contributed by atoms with E-state index in [2.05, 4.69) is 32.1 Å². The summed E-state index contributed by atoms with van der Waals surface area (Å²) in [5.41, 5.74) is 6.37. The van der Waals surface area contributed by atoms with Crippen LogP contribution in [0.5, 0.6) is 0 Å². The first kappa shape index (κ1) is 11.2. The molecule has 0 radical (unpaired) electrons. The number of hydrogen-bond donors (Lipinski definition) is 0. The zero-order valence-electron chi connectivity index (χ0n) is 10.9. The van der Waals surface area contributed by atoms with Gasteiger partial charge in [0, 0.05) is 11.1 Å². The number of benzene rings is 1. The summed E-state index contributed by atoms with van der Waals surface area (Å²) in [5.74, 6) is 0.483. The smallest absolute Gasteiger partial charge is 0.190 e. The highest BCUT2D eigenvalue weighted by atomic mass is 16.1. The Labute approximate surface area is 108 Å². The number of allylic oxidation sites excluding steroid dienone is 5. The van der Waals surface area contributed by atoms with Crippen molar-refractivity contribution in [2.75, 3.05) is 0 Å². The summed E-state index contributed by atoms with van der Waals surface area (Å²) < 4.78 is 0. The van der Waals surface area contributed by atoms with Gasteiger partial charge in [0.25, 0.3) is 0 Å². The van der Waals surface area contributed by atoms with Crippen molar-refractivity contribution in [3.8, 4) is 0 Å². The average Bonchev–Trinajstić information content (AvgIpc) is 2.68. The lowest BCUT2D eigenvalue weighted by molar-refractivity contribution is -0.112. The lowest BCUT2D eigenvalue weighted by atomic mass is 9.82. The molecule has 0 spiro atoms. The largest absolute Gasteiger partial charge is 0.289 e. The van der Waals surface area contributed by atoms with Crippen molar-refractivity contribution in [1.29, 1.82) is 0 Å². The van der Waals surface area contributed by atoms with Crippen LogP contribution in [0.3, 0.4) is 0 Å². The van der Waals surface area contributed by atoms with Crippen LogP contribution in [0.15, 0.2) is 47.1 Å². The summed E-state index contributed by atoms with van der Waals surface area (Å²) in [5, 5.41) is 0. The maximum absolute atomic E-state index is 12.6. The first-order chi connectivity index (χ1) is 8.59. The lowest BCUT2D eigenvalue weighted by Crippen LogP contribution is -2.16. The van der Waals surface area contributed by atoms with E-state index in [0.29, 0.717) is 0 Å². The van der Waals surface area contributed by atoms with Gasteiger partial charge in [0.05, 0.1) is 0 Å². The van der Waals surface area contributed by atoms with Gasteiger partial charge >= 0.3 is 0 Å². The van der Waals surface area contributed by atoms with Crippen LogP contribution in [0.1, 0.15) is 31.9 Å². The normalized spacial score (nSPS) is 17.7. The molecular formula is C17H16O. The van der Waals surface area contributed by atoms with Crippen molar-refractivity contribution in [2.24, 2.45) is 5.92 Å². The highest BCUT2D eigenvalue weighted by Gasteiger charge is 2.31. The van der Waals surface area contributed by atoms with Crippen LogP contribution in [-0.2, 0) is 4.79 Å². The SMILES string of the molecule is CC1=C(C(C)C)C(=O)C2=Cc3ccccc3C2=C1. The highest BCUT2D eigenvalue weighted by Crippen LogP contribution is 2.42. The van der Waals surface area contributed by atoms with Crippen LogP contribution in [0, 0.1) is 5.92 Å². The van der Waals surface area contributed by atoms with Crippen LogP contribution in [0.25, 0.3) is 11.6 Å². The van der Waals surface area contributed by atoms with Gasteiger partial charge < -0.3 is 0 Å². The van der Waals surface area contributed by atoms with E-state index in [4.69, 9.17) is 0 Å². The van der Waals surface area contributed by atoms with Gasteiger partial charge in [-0.1, -0.05) is 44.2 Å². The Hall–Kier alpha value is -1.89. The van der Waals surface area contributed by atoms with E-state index in [9.17, 15) is 4.79 Å². The van der Waals surface area contributed by atoms with Crippen molar-refractivity contribution >= 4 is 17.4 Å². The molecule has 0 atom stereocenters. The fraction of sp³-hybridized carbons (Fsp3) is 0.235. The van der Waals surface area contributed by atoms with E-state index in [1.807, 2.05) is 25.1 Å². The minimum absolute atomic E-state index is 0.205. The summed E-state index contributed by atoms with van der Waals surface area (Å²) in [6.45, 7) is 6.20. The molecule has 18 heavy (non-hydrogen) atoms. The number of hydrogen-bond acceptors (Lipinski definition) is 1. The number of fused-ring (bicyclic) bond motifs is 3. The monoisotopic (exact) mass is 236 g/mol. The van der Waals surface area contributed by atoms with E-state index < -0.39 is 0 Å². The molecule has 0 N–H and O–H groups in total. The molecule has 0 aromatic heterocycles. The summed E-state index contributed by atoms with van der Waals surface area (Å²) in [6, 6.07) is 8.20.